The van der Waals surface area contributed by atoms with Gasteiger partial charge in [0.1, 0.15) is 0 Å². The molecule has 1 unspecified atom stereocenters. The number of likely N-dealkylation sites (tertiary alicyclic amines) is 1. The molecule has 0 radical (unpaired) electrons. The molecule has 0 aromatic heterocycles. The van der Waals surface area contributed by atoms with Crippen molar-refractivity contribution in [1.82, 2.24) is 4.90 Å². The van der Waals surface area contributed by atoms with Crippen molar-refractivity contribution in [2.24, 2.45) is 0 Å². The fraction of sp³-hybridized carbons (Fsp3) is 0.250. The lowest BCUT2D eigenvalue weighted by molar-refractivity contribution is -0.126. The topological polar surface area (TPSA) is 20.3 Å². The molecule has 2 aromatic rings. The van der Waals surface area contributed by atoms with Gasteiger partial charge in [-0.25, -0.2) is 0 Å². The van der Waals surface area contributed by atoms with Crippen LogP contribution in [0.1, 0.15) is 35.6 Å². The highest BCUT2D eigenvalue weighted by Crippen LogP contribution is 2.31. The van der Waals surface area contributed by atoms with E-state index in [2.05, 4.69) is 31.2 Å². The molecule has 2 aromatic carbocycles. The van der Waals surface area contributed by atoms with Gasteiger partial charge in [0.15, 0.2) is 0 Å². The molecule has 0 saturated carbocycles. The minimum absolute atomic E-state index is 0.104. The zero-order valence-corrected chi connectivity index (χ0v) is 12.9. The average molecular weight is 291 g/mol. The van der Waals surface area contributed by atoms with Gasteiger partial charge in [0.05, 0.1) is 6.04 Å². The summed E-state index contributed by atoms with van der Waals surface area (Å²) >= 11 is 0. The van der Waals surface area contributed by atoms with Gasteiger partial charge in [0, 0.05) is 12.6 Å². The summed E-state index contributed by atoms with van der Waals surface area (Å²) in [5, 5.41) is 0. The van der Waals surface area contributed by atoms with Crippen LogP contribution in [0.5, 0.6) is 0 Å². The highest BCUT2D eigenvalue weighted by Gasteiger charge is 2.28. The molecule has 112 valence electrons. The molecular formula is C20H21NO. The van der Waals surface area contributed by atoms with E-state index < -0.39 is 0 Å². The van der Waals surface area contributed by atoms with Crippen LogP contribution in [0.2, 0.25) is 0 Å². The largest absolute Gasteiger partial charge is 0.332 e. The Balaban J connectivity index is 1.72. The smallest absolute Gasteiger partial charge is 0.247 e. The van der Waals surface area contributed by atoms with Gasteiger partial charge >= 0.3 is 0 Å². The number of hydrogen-bond donors (Lipinski definition) is 0. The maximum Gasteiger partial charge on any atom is 0.247 e. The van der Waals surface area contributed by atoms with Crippen LogP contribution in [-0.2, 0) is 4.79 Å². The third-order valence-electron chi connectivity index (χ3n) is 4.22. The minimum Gasteiger partial charge on any atom is -0.332 e. The van der Waals surface area contributed by atoms with Crippen molar-refractivity contribution in [2.75, 3.05) is 6.54 Å². The lowest BCUT2D eigenvalue weighted by Crippen LogP contribution is -2.28. The van der Waals surface area contributed by atoms with Crippen molar-refractivity contribution >= 4 is 12.0 Å². The first kappa shape index (κ1) is 14.6. The Morgan fingerprint density at radius 3 is 2.55 bits per heavy atom. The molecule has 1 amide bonds. The summed E-state index contributed by atoms with van der Waals surface area (Å²) in [6.45, 7) is 2.91. The maximum atomic E-state index is 12.5. The zero-order chi connectivity index (χ0) is 15.4. The summed E-state index contributed by atoms with van der Waals surface area (Å²) in [7, 11) is 0. The van der Waals surface area contributed by atoms with Crippen LogP contribution in [0.15, 0.2) is 60.7 Å². The van der Waals surface area contributed by atoms with E-state index in [0.717, 1.165) is 24.9 Å². The fourth-order valence-corrected chi connectivity index (χ4v) is 2.99. The van der Waals surface area contributed by atoms with Crippen molar-refractivity contribution in [2.45, 2.75) is 25.8 Å². The number of amides is 1. The van der Waals surface area contributed by atoms with Gasteiger partial charge in [-0.3, -0.25) is 4.79 Å². The van der Waals surface area contributed by atoms with E-state index in [1.54, 1.807) is 6.08 Å². The molecule has 1 fully saturated rings. The van der Waals surface area contributed by atoms with Crippen LogP contribution in [0.25, 0.3) is 6.08 Å². The van der Waals surface area contributed by atoms with Crippen LogP contribution in [0.3, 0.4) is 0 Å². The lowest BCUT2D eigenvalue weighted by Gasteiger charge is -2.23. The quantitative estimate of drug-likeness (QED) is 0.769. The van der Waals surface area contributed by atoms with Crippen molar-refractivity contribution in [1.29, 1.82) is 0 Å². The Morgan fingerprint density at radius 2 is 1.82 bits per heavy atom. The Morgan fingerprint density at radius 1 is 1.09 bits per heavy atom. The normalized spacial score (nSPS) is 18.0. The van der Waals surface area contributed by atoms with Crippen LogP contribution in [0.4, 0.5) is 0 Å². The SMILES string of the molecule is Cc1ccc(/C=C/C(=O)N2CCCC2c2ccccc2)cc1. The first-order valence-electron chi connectivity index (χ1n) is 7.84. The molecule has 3 rings (SSSR count). The molecule has 1 saturated heterocycles. The highest BCUT2D eigenvalue weighted by molar-refractivity contribution is 5.92. The van der Waals surface area contributed by atoms with Gasteiger partial charge in [0.2, 0.25) is 5.91 Å². The number of nitrogens with zero attached hydrogens (tertiary/aromatic N) is 1. The van der Waals surface area contributed by atoms with Gasteiger partial charge < -0.3 is 4.90 Å². The van der Waals surface area contributed by atoms with Crippen molar-refractivity contribution in [3.05, 3.63) is 77.4 Å². The molecule has 0 N–H and O–H groups in total. The van der Waals surface area contributed by atoms with E-state index in [9.17, 15) is 4.79 Å². The van der Waals surface area contributed by atoms with E-state index in [-0.39, 0.29) is 11.9 Å². The molecule has 2 heteroatoms. The number of benzene rings is 2. The second kappa shape index (κ2) is 6.61. The van der Waals surface area contributed by atoms with E-state index in [4.69, 9.17) is 0 Å². The summed E-state index contributed by atoms with van der Waals surface area (Å²) < 4.78 is 0. The number of rotatable bonds is 3. The van der Waals surface area contributed by atoms with Gasteiger partial charge in [-0.2, -0.15) is 0 Å². The van der Waals surface area contributed by atoms with Crippen LogP contribution in [0, 0.1) is 6.92 Å². The average Bonchev–Trinajstić information content (AvgIpc) is 3.04. The predicted octanol–water partition coefficient (Wildman–Crippen LogP) is 4.37. The fourth-order valence-electron chi connectivity index (χ4n) is 2.99. The van der Waals surface area contributed by atoms with Crippen molar-refractivity contribution in [3.63, 3.8) is 0 Å². The molecule has 0 spiro atoms. The lowest BCUT2D eigenvalue weighted by atomic mass is 10.0. The Kier molecular flexibility index (Phi) is 4.38. The molecule has 1 aliphatic heterocycles. The molecule has 2 nitrogen and oxygen atoms in total. The third kappa shape index (κ3) is 3.28. The maximum absolute atomic E-state index is 12.5. The third-order valence-corrected chi connectivity index (χ3v) is 4.22. The summed E-state index contributed by atoms with van der Waals surface area (Å²) in [6, 6.07) is 18.7. The minimum atomic E-state index is 0.104. The number of hydrogen-bond acceptors (Lipinski definition) is 1. The van der Waals surface area contributed by atoms with Gasteiger partial charge in [-0.15, -0.1) is 0 Å². The molecular weight excluding hydrogens is 270 g/mol. The molecule has 22 heavy (non-hydrogen) atoms. The summed E-state index contributed by atoms with van der Waals surface area (Å²) in [6.07, 6.45) is 5.73. The summed E-state index contributed by atoms with van der Waals surface area (Å²) in [5.74, 6) is 0.104. The van der Waals surface area contributed by atoms with Crippen LogP contribution < -0.4 is 0 Å². The van der Waals surface area contributed by atoms with E-state index in [0.29, 0.717) is 0 Å². The standard InChI is InChI=1S/C20H21NO/c1-16-9-11-17(12-10-16)13-14-20(22)21-15-5-8-19(21)18-6-3-2-4-7-18/h2-4,6-7,9-14,19H,5,8,15H2,1H3/b14-13+. The second-order valence-electron chi connectivity index (χ2n) is 5.84. The van der Waals surface area contributed by atoms with Crippen LogP contribution >= 0.6 is 0 Å². The second-order valence-corrected chi connectivity index (χ2v) is 5.84. The van der Waals surface area contributed by atoms with Gasteiger partial charge in [-0.05, 0) is 37.0 Å². The van der Waals surface area contributed by atoms with Crippen molar-refractivity contribution < 1.29 is 4.79 Å². The Hall–Kier alpha value is -2.35. The highest BCUT2D eigenvalue weighted by atomic mass is 16.2. The van der Waals surface area contributed by atoms with Gasteiger partial charge in [-0.1, -0.05) is 60.2 Å². The first-order chi connectivity index (χ1) is 10.7. The van der Waals surface area contributed by atoms with Gasteiger partial charge in [0.25, 0.3) is 0 Å². The summed E-state index contributed by atoms with van der Waals surface area (Å²) in [4.78, 5) is 14.5. The number of carbonyl (C=O) groups is 1. The molecule has 1 atom stereocenters. The Bertz CT molecular complexity index is 658. The molecule has 1 aliphatic rings. The number of aryl methyl sites for hydroxylation is 1. The van der Waals surface area contributed by atoms with E-state index in [1.165, 1.54) is 11.1 Å². The van der Waals surface area contributed by atoms with E-state index in [1.807, 2.05) is 41.3 Å². The van der Waals surface area contributed by atoms with Crippen molar-refractivity contribution in [3.8, 4) is 0 Å². The molecule has 0 bridgehead atoms. The Labute approximate surface area is 132 Å². The molecule has 1 heterocycles. The monoisotopic (exact) mass is 291 g/mol. The number of carbonyl (C=O) groups excluding carboxylic acids is 1. The van der Waals surface area contributed by atoms with E-state index >= 15 is 0 Å². The first-order valence-corrected chi connectivity index (χ1v) is 7.84. The predicted molar refractivity (Wildman–Crippen MR) is 90.3 cm³/mol. The van der Waals surface area contributed by atoms with Crippen LogP contribution in [-0.4, -0.2) is 17.4 Å². The zero-order valence-electron chi connectivity index (χ0n) is 12.9. The molecule has 0 aliphatic carbocycles. The summed E-state index contributed by atoms with van der Waals surface area (Å²) in [5.41, 5.74) is 3.53.